The molecule has 0 amide bonds. The average Bonchev–Trinajstić information content (AvgIpc) is 2.84. The van der Waals surface area contributed by atoms with Crippen molar-refractivity contribution in [2.75, 3.05) is 5.32 Å². The first-order chi connectivity index (χ1) is 10.2. The Morgan fingerprint density at radius 2 is 1.81 bits per heavy atom. The summed E-state index contributed by atoms with van der Waals surface area (Å²) in [5, 5.41) is 3.53. The van der Waals surface area contributed by atoms with Crippen LogP contribution in [-0.4, -0.2) is 9.97 Å². The van der Waals surface area contributed by atoms with Gasteiger partial charge in [-0.15, -0.1) is 0 Å². The minimum Gasteiger partial charge on any atom is -0.377 e. The molecule has 3 aromatic rings. The molecule has 1 atom stereocenters. The Kier molecular flexibility index (Phi) is 3.84. The summed E-state index contributed by atoms with van der Waals surface area (Å²) in [5.74, 6) is 0. The van der Waals surface area contributed by atoms with Crippen molar-refractivity contribution in [3.63, 3.8) is 0 Å². The van der Waals surface area contributed by atoms with Crippen LogP contribution in [0.15, 0.2) is 51.7 Å². The Bertz CT molecular complexity index is 807. The van der Waals surface area contributed by atoms with E-state index in [2.05, 4.69) is 50.3 Å². The van der Waals surface area contributed by atoms with Gasteiger partial charge >= 0.3 is 5.69 Å². The van der Waals surface area contributed by atoms with Crippen molar-refractivity contribution >= 4 is 32.7 Å². The van der Waals surface area contributed by atoms with Gasteiger partial charge in [-0.3, -0.25) is 0 Å². The molecule has 0 radical (unpaired) electrons. The molecule has 2 aromatic carbocycles. The molecule has 4 nitrogen and oxygen atoms in total. The van der Waals surface area contributed by atoms with Gasteiger partial charge in [-0.05, 0) is 40.0 Å². The largest absolute Gasteiger partial charge is 0.377 e. The Labute approximate surface area is 130 Å². The summed E-state index contributed by atoms with van der Waals surface area (Å²) < 4.78 is 0.930. The van der Waals surface area contributed by atoms with Crippen molar-refractivity contribution in [1.29, 1.82) is 0 Å². The number of fused-ring (bicyclic) bond motifs is 1. The third-order valence-electron chi connectivity index (χ3n) is 3.54. The van der Waals surface area contributed by atoms with Crippen molar-refractivity contribution in [3.8, 4) is 0 Å². The quantitative estimate of drug-likeness (QED) is 0.664. The number of aromatic nitrogens is 2. The van der Waals surface area contributed by atoms with Crippen LogP contribution in [0.3, 0.4) is 0 Å². The molecule has 1 heterocycles. The van der Waals surface area contributed by atoms with Crippen LogP contribution in [-0.2, 0) is 0 Å². The van der Waals surface area contributed by atoms with Crippen molar-refractivity contribution in [2.45, 2.75) is 19.4 Å². The number of H-pyrrole nitrogens is 2. The summed E-state index contributed by atoms with van der Waals surface area (Å²) >= 11 is 3.56. The average molecular weight is 346 g/mol. The normalized spacial score (nSPS) is 12.5. The van der Waals surface area contributed by atoms with Crippen molar-refractivity contribution < 1.29 is 0 Å². The second-order valence-corrected chi connectivity index (χ2v) is 5.83. The van der Waals surface area contributed by atoms with E-state index >= 15 is 0 Å². The van der Waals surface area contributed by atoms with Crippen molar-refractivity contribution in [1.82, 2.24) is 9.97 Å². The SMILES string of the molecule is CCC(Nc1cc2[nH]c(=O)[nH]c2cc1Br)c1ccccc1. The molecule has 0 aliphatic heterocycles. The topological polar surface area (TPSA) is 60.7 Å². The first-order valence-electron chi connectivity index (χ1n) is 6.90. The van der Waals surface area contributed by atoms with Crippen LogP contribution in [0.1, 0.15) is 24.9 Å². The number of aromatic amines is 2. The highest BCUT2D eigenvalue weighted by molar-refractivity contribution is 9.10. The first kappa shape index (κ1) is 13.9. The van der Waals surface area contributed by atoms with Gasteiger partial charge in [-0.25, -0.2) is 4.79 Å². The molecule has 0 aliphatic rings. The molecule has 0 saturated carbocycles. The molecule has 0 bridgehead atoms. The lowest BCUT2D eigenvalue weighted by Crippen LogP contribution is -2.09. The van der Waals surface area contributed by atoms with Crippen molar-refractivity contribution in [3.05, 3.63) is 63.0 Å². The summed E-state index contributed by atoms with van der Waals surface area (Å²) in [6.07, 6.45) is 0.970. The Morgan fingerprint density at radius 1 is 1.14 bits per heavy atom. The molecule has 3 N–H and O–H groups in total. The van der Waals surface area contributed by atoms with Crippen LogP contribution in [0, 0.1) is 0 Å². The number of halogens is 1. The molecule has 5 heteroatoms. The molecule has 1 aromatic heterocycles. The molecule has 0 aliphatic carbocycles. The second kappa shape index (κ2) is 5.77. The predicted octanol–water partition coefficient (Wildman–Crippen LogP) is 4.18. The highest BCUT2D eigenvalue weighted by atomic mass is 79.9. The number of nitrogens with one attached hydrogen (secondary N) is 3. The van der Waals surface area contributed by atoms with Crippen LogP contribution in [0.25, 0.3) is 11.0 Å². The highest BCUT2D eigenvalue weighted by Gasteiger charge is 2.12. The fourth-order valence-electron chi connectivity index (χ4n) is 2.46. The van der Waals surface area contributed by atoms with Gasteiger partial charge in [0.05, 0.1) is 22.8 Å². The maximum atomic E-state index is 11.4. The third kappa shape index (κ3) is 2.88. The Morgan fingerprint density at radius 3 is 2.48 bits per heavy atom. The van der Waals surface area contributed by atoms with Gasteiger partial charge in [0.25, 0.3) is 0 Å². The predicted molar refractivity (Wildman–Crippen MR) is 89.7 cm³/mol. The summed E-state index contributed by atoms with van der Waals surface area (Å²) in [6.45, 7) is 2.15. The standard InChI is InChI=1S/C16H16BrN3O/c1-2-12(10-6-4-3-5-7-10)18-13-9-15-14(8-11(13)17)19-16(21)20-15/h3-9,12,18H,2H2,1H3,(H2,19,20,21). The maximum absolute atomic E-state index is 11.4. The van der Waals surface area contributed by atoms with Gasteiger partial charge in [-0.1, -0.05) is 37.3 Å². The lowest BCUT2D eigenvalue weighted by atomic mass is 10.0. The minimum absolute atomic E-state index is 0.191. The van der Waals surface area contributed by atoms with E-state index in [1.165, 1.54) is 5.56 Å². The number of imidazole rings is 1. The van der Waals surface area contributed by atoms with Gasteiger partial charge in [0, 0.05) is 4.47 Å². The minimum atomic E-state index is -0.191. The zero-order valence-electron chi connectivity index (χ0n) is 11.6. The van der Waals surface area contributed by atoms with Gasteiger partial charge in [0.2, 0.25) is 0 Å². The zero-order chi connectivity index (χ0) is 14.8. The summed E-state index contributed by atoms with van der Waals surface area (Å²) in [6, 6.07) is 14.4. The van der Waals surface area contributed by atoms with Crippen LogP contribution in [0.5, 0.6) is 0 Å². The molecule has 0 fully saturated rings. The Balaban J connectivity index is 1.96. The summed E-state index contributed by atoms with van der Waals surface area (Å²) in [5.41, 5.74) is 3.62. The zero-order valence-corrected chi connectivity index (χ0v) is 13.2. The molecular weight excluding hydrogens is 330 g/mol. The van der Waals surface area contributed by atoms with Gasteiger partial charge < -0.3 is 15.3 Å². The van der Waals surface area contributed by atoms with Crippen molar-refractivity contribution in [2.24, 2.45) is 0 Å². The lowest BCUT2D eigenvalue weighted by molar-refractivity contribution is 0.749. The number of rotatable bonds is 4. The smallest absolute Gasteiger partial charge is 0.323 e. The van der Waals surface area contributed by atoms with E-state index in [1.807, 2.05) is 30.3 Å². The van der Waals surface area contributed by atoms with Crippen LogP contribution < -0.4 is 11.0 Å². The van der Waals surface area contributed by atoms with Gasteiger partial charge in [0.1, 0.15) is 0 Å². The maximum Gasteiger partial charge on any atom is 0.323 e. The summed E-state index contributed by atoms with van der Waals surface area (Å²) in [4.78, 5) is 16.9. The lowest BCUT2D eigenvalue weighted by Gasteiger charge is -2.19. The van der Waals surface area contributed by atoms with E-state index in [0.29, 0.717) is 0 Å². The second-order valence-electron chi connectivity index (χ2n) is 4.97. The Hall–Kier alpha value is -2.01. The first-order valence-corrected chi connectivity index (χ1v) is 7.69. The fraction of sp³-hybridized carbons (Fsp3) is 0.188. The molecule has 3 rings (SSSR count). The molecule has 0 saturated heterocycles. The fourth-order valence-corrected chi connectivity index (χ4v) is 2.92. The van der Waals surface area contributed by atoms with Crippen LogP contribution >= 0.6 is 15.9 Å². The van der Waals surface area contributed by atoms with Gasteiger partial charge in [-0.2, -0.15) is 0 Å². The van der Waals surface area contributed by atoms with E-state index in [-0.39, 0.29) is 11.7 Å². The highest BCUT2D eigenvalue weighted by Crippen LogP contribution is 2.30. The number of hydrogen-bond acceptors (Lipinski definition) is 2. The van der Waals surface area contributed by atoms with E-state index in [0.717, 1.165) is 27.6 Å². The van der Waals surface area contributed by atoms with Crippen LogP contribution in [0.2, 0.25) is 0 Å². The molecule has 108 valence electrons. The molecule has 21 heavy (non-hydrogen) atoms. The number of benzene rings is 2. The number of anilines is 1. The molecule has 0 spiro atoms. The van der Waals surface area contributed by atoms with E-state index in [4.69, 9.17) is 0 Å². The van der Waals surface area contributed by atoms with E-state index in [1.54, 1.807) is 0 Å². The molecular formula is C16H16BrN3O. The number of hydrogen-bond donors (Lipinski definition) is 3. The van der Waals surface area contributed by atoms with Gasteiger partial charge in [0.15, 0.2) is 0 Å². The van der Waals surface area contributed by atoms with E-state index in [9.17, 15) is 4.79 Å². The summed E-state index contributed by atoms with van der Waals surface area (Å²) in [7, 11) is 0. The third-order valence-corrected chi connectivity index (χ3v) is 4.20. The monoisotopic (exact) mass is 345 g/mol. The molecule has 1 unspecified atom stereocenters. The van der Waals surface area contributed by atoms with E-state index < -0.39 is 0 Å². The van der Waals surface area contributed by atoms with Crippen LogP contribution in [0.4, 0.5) is 5.69 Å².